The van der Waals surface area contributed by atoms with E-state index in [-0.39, 0.29) is 29.5 Å². The predicted molar refractivity (Wildman–Crippen MR) is 89.0 cm³/mol. The van der Waals surface area contributed by atoms with Crippen LogP contribution in [0.25, 0.3) is 0 Å². The number of carbonyl (C=O) groups is 1. The Morgan fingerprint density at radius 2 is 2.00 bits per heavy atom. The number of rotatable bonds is 7. The molecule has 4 nitrogen and oxygen atoms in total. The fraction of sp³-hybridized carbons (Fsp3) is 0.611. The molecule has 1 aromatic rings. The number of benzene rings is 1. The zero-order valence-electron chi connectivity index (χ0n) is 14.7. The Labute approximate surface area is 146 Å². The third kappa shape index (κ3) is 5.36. The highest BCUT2D eigenvalue weighted by Gasteiger charge is 2.47. The monoisotopic (exact) mass is 358 g/mol. The molecule has 7 heteroatoms. The smallest absolute Gasteiger partial charge is 0.405 e. The zero-order valence-corrected chi connectivity index (χ0v) is 14.7. The average molecular weight is 358 g/mol. The lowest BCUT2D eigenvalue weighted by Crippen LogP contribution is -2.35. The number of halogens is 3. The second-order valence-electron chi connectivity index (χ2n) is 6.99. The Kier molecular flexibility index (Phi) is 5.98. The Balaban J connectivity index is 1.97. The number of nitrogens with zero attached hydrogens (tertiary/aromatic N) is 1. The molecule has 2 N–H and O–H groups in total. The van der Waals surface area contributed by atoms with Gasteiger partial charge >= 0.3 is 6.36 Å². The molecule has 1 aliphatic carbocycles. The second-order valence-corrected chi connectivity index (χ2v) is 6.99. The van der Waals surface area contributed by atoms with E-state index in [2.05, 4.69) is 4.74 Å². The molecule has 0 aliphatic heterocycles. The molecule has 0 saturated heterocycles. The van der Waals surface area contributed by atoms with Crippen molar-refractivity contribution in [1.29, 1.82) is 0 Å². The molecule has 0 heterocycles. The Morgan fingerprint density at radius 1 is 1.36 bits per heavy atom. The lowest BCUT2D eigenvalue weighted by molar-refractivity contribution is -0.274. The molecule has 3 atom stereocenters. The standard InChI is InChI=1S/C18H25F3N2O2/c1-11(2)15(22)8-9-23(3)17(24)14-10-13(14)12-6-4-5-7-16(12)25-18(19,20)21/h4-7,11,13-15H,8-10,22H2,1-3H3. The summed E-state index contributed by atoms with van der Waals surface area (Å²) in [4.78, 5) is 14.1. The van der Waals surface area contributed by atoms with Crippen LogP contribution in [0.1, 0.15) is 38.2 Å². The first-order valence-electron chi connectivity index (χ1n) is 8.45. The molecule has 1 aromatic carbocycles. The van der Waals surface area contributed by atoms with Crippen molar-refractivity contribution in [2.24, 2.45) is 17.6 Å². The van der Waals surface area contributed by atoms with Crippen molar-refractivity contribution in [2.75, 3.05) is 13.6 Å². The van der Waals surface area contributed by atoms with E-state index in [0.717, 1.165) is 0 Å². The van der Waals surface area contributed by atoms with Crippen molar-refractivity contribution in [1.82, 2.24) is 4.90 Å². The maximum Gasteiger partial charge on any atom is 0.573 e. The molecule has 3 unspecified atom stereocenters. The van der Waals surface area contributed by atoms with E-state index >= 15 is 0 Å². The van der Waals surface area contributed by atoms with Crippen LogP contribution in [0.5, 0.6) is 5.75 Å². The van der Waals surface area contributed by atoms with E-state index in [1.165, 1.54) is 12.1 Å². The van der Waals surface area contributed by atoms with Gasteiger partial charge in [-0.15, -0.1) is 13.2 Å². The molecule has 2 rings (SSSR count). The normalized spacial score (nSPS) is 21.1. The first kappa shape index (κ1) is 19.6. The van der Waals surface area contributed by atoms with Crippen LogP contribution >= 0.6 is 0 Å². The van der Waals surface area contributed by atoms with Gasteiger partial charge < -0.3 is 15.4 Å². The topological polar surface area (TPSA) is 55.6 Å². The molecule has 1 amide bonds. The van der Waals surface area contributed by atoms with Crippen LogP contribution in [-0.2, 0) is 4.79 Å². The largest absolute Gasteiger partial charge is 0.573 e. The molecule has 1 fully saturated rings. The fourth-order valence-electron chi connectivity index (χ4n) is 2.89. The Morgan fingerprint density at radius 3 is 2.60 bits per heavy atom. The first-order valence-corrected chi connectivity index (χ1v) is 8.45. The summed E-state index contributed by atoms with van der Waals surface area (Å²) < 4.78 is 41.6. The van der Waals surface area contributed by atoms with Crippen LogP contribution in [0.3, 0.4) is 0 Å². The summed E-state index contributed by atoms with van der Waals surface area (Å²) in [7, 11) is 1.71. The predicted octanol–water partition coefficient (Wildman–Crippen LogP) is 3.52. The van der Waals surface area contributed by atoms with Gasteiger partial charge in [0.2, 0.25) is 5.91 Å². The lowest BCUT2D eigenvalue weighted by atomic mass is 10.0. The van der Waals surface area contributed by atoms with Gasteiger partial charge in [0.25, 0.3) is 0 Å². The lowest BCUT2D eigenvalue weighted by Gasteiger charge is -2.22. The van der Waals surface area contributed by atoms with E-state index in [1.54, 1.807) is 24.1 Å². The molecule has 0 spiro atoms. The van der Waals surface area contributed by atoms with E-state index in [0.29, 0.717) is 30.9 Å². The minimum absolute atomic E-state index is 0.0196. The van der Waals surface area contributed by atoms with Crippen molar-refractivity contribution in [3.05, 3.63) is 29.8 Å². The van der Waals surface area contributed by atoms with Gasteiger partial charge in [-0.05, 0) is 36.3 Å². The van der Waals surface area contributed by atoms with Crippen LogP contribution < -0.4 is 10.5 Å². The van der Waals surface area contributed by atoms with Gasteiger partial charge in [0, 0.05) is 25.6 Å². The molecule has 25 heavy (non-hydrogen) atoms. The molecular formula is C18H25F3N2O2. The quantitative estimate of drug-likeness (QED) is 0.811. The number of hydrogen-bond donors (Lipinski definition) is 1. The van der Waals surface area contributed by atoms with Gasteiger partial charge in [-0.1, -0.05) is 32.0 Å². The molecule has 1 aliphatic rings. The number of alkyl halides is 3. The maximum absolute atomic E-state index is 12.5. The van der Waals surface area contributed by atoms with Crippen LogP contribution in [0, 0.1) is 11.8 Å². The van der Waals surface area contributed by atoms with E-state index in [4.69, 9.17) is 5.73 Å². The SMILES string of the molecule is CC(C)C(N)CCN(C)C(=O)C1CC1c1ccccc1OC(F)(F)F. The van der Waals surface area contributed by atoms with Crippen molar-refractivity contribution < 1.29 is 22.7 Å². The fourth-order valence-corrected chi connectivity index (χ4v) is 2.89. The third-order valence-electron chi connectivity index (χ3n) is 4.68. The minimum atomic E-state index is -4.74. The Hall–Kier alpha value is -1.76. The van der Waals surface area contributed by atoms with Gasteiger partial charge in [0.1, 0.15) is 5.75 Å². The summed E-state index contributed by atoms with van der Waals surface area (Å²) in [6.07, 6.45) is -3.50. The van der Waals surface area contributed by atoms with Crippen LogP contribution in [0.2, 0.25) is 0 Å². The van der Waals surface area contributed by atoms with Crippen LogP contribution in [-0.4, -0.2) is 36.8 Å². The summed E-state index contributed by atoms with van der Waals surface area (Å²) in [5.41, 5.74) is 6.43. The summed E-state index contributed by atoms with van der Waals surface area (Å²) in [5, 5.41) is 0. The molecule has 0 radical (unpaired) electrons. The van der Waals surface area contributed by atoms with Gasteiger partial charge in [-0.2, -0.15) is 0 Å². The molecule has 0 aromatic heterocycles. The number of carbonyl (C=O) groups excluding carboxylic acids is 1. The average Bonchev–Trinajstić information content (AvgIpc) is 3.30. The number of hydrogen-bond acceptors (Lipinski definition) is 3. The van der Waals surface area contributed by atoms with Crippen molar-refractivity contribution in [2.45, 2.75) is 45.0 Å². The highest BCUT2D eigenvalue weighted by atomic mass is 19.4. The number of para-hydroxylation sites is 1. The van der Waals surface area contributed by atoms with E-state index in [9.17, 15) is 18.0 Å². The summed E-state index contributed by atoms with van der Waals surface area (Å²) in [6, 6.07) is 6.04. The Bertz CT molecular complexity index is 604. The van der Waals surface area contributed by atoms with Gasteiger partial charge in [0.05, 0.1) is 0 Å². The summed E-state index contributed by atoms with van der Waals surface area (Å²) in [6.45, 7) is 4.60. The van der Waals surface area contributed by atoms with Crippen LogP contribution in [0.4, 0.5) is 13.2 Å². The maximum atomic E-state index is 12.5. The van der Waals surface area contributed by atoms with Gasteiger partial charge in [0.15, 0.2) is 0 Å². The number of ether oxygens (including phenoxy) is 1. The molecule has 0 bridgehead atoms. The van der Waals surface area contributed by atoms with Crippen molar-refractivity contribution in [3.8, 4) is 5.75 Å². The summed E-state index contributed by atoms with van der Waals surface area (Å²) in [5.74, 6) is -0.461. The van der Waals surface area contributed by atoms with Crippen molar-refractivity contribution >= 4 is 5.91 Å². The third-order valence-corrected chi connectivity index (χ3v) is 4.68. The van der Waals surface area contributed by atoms with Gasteiger partial charge in [-0.25, -0.2) is 0 Å². The van der Waals surface area contributed by atoms with Gasteiger partial charge in [-0.3, -0.25) is 4.79 Å². The van der Waals surface area contributed by atoms with Crippen molar-refractivity contribution in [3.63, 3.8) is 0 Å². The van der Waals surface area contributed by atoms with E-state index < -0.39 is 6.36 Å². The van der Waals surface area contributed by atoms with Crippen LogP contribution in [0.15, 0.2) is 24.3 Å². The molecule has 140 valence electrons. The van der Waals surface area contributed by atoms with E-state index in [1.807, 2.05) is 13.8 Å². The summed E-state index contributed by atoms with van der Waals surface area (Å²) >= 11 is 0. The number of nitrogens with two attached hydrogens (primary N) is 1. The first-order chi connectivity index (χ1) is 11.6. The zero-order chi connectivity index (χ0) is 18.8. The number of amides is 1. The molecular weight excluding hydrogens is 333 g/mol. The highest BCUT2D eigenvalue weighted by Crippen LogP contribution is 2.51. The highest BCUT2D eigenvalue weighted by molar-refractivity contribution is 5.83. The molecule has 1 saturated carbocycles. The minimum Gasteiger partial charge on any atom is -0.405 e. The second kappa shape index (κ2) is 7.64.